The van der Waals surface area contributed by atoms with Crippen LogP contribution >= 0.6 is 0 Å². The van der Waals surface area contributed by atoms with E-state index in [1.54, 1.807) is 18.2 Å². The van der Waals surface area contributed by atoms with E-state index in [1.165, 1.54) is 19.2 Å². The number of nitrogens with one attached hydrogen (secondary N) is 1. The van der Waals surface area contributed by atoms with E-state index in [4.69, 9.17) is 4.42 Å². The number of pyridine rings is 1. The van der Waals surface area contributed by atoms with Gasteiger partial charge in [0.25, 0.3) is 11.8 Å². The molecule has 1 amide bonds. The summed E-state index contributed by atoms with van der Waals surface area (Å²) in [5.74, 6) is -4.62. The number of anilines is 1. The van der Waals surface area contributed by atoms with Crippen molar-refractivity contribution >= 4 is 11.6 Å². The molecule has 174 valence electrons. The number of aryl methyl sites for hydroxylation is 1. The molecule has 34 heavy (non-hydrogen) atoms. The predicted molar refractivity (Wildman–Crippen MR) is 110 cm³/mol. The van der Waals surface area contributed by atoms with Gasteiger partial charge in [-0.25, -0.2) is 13.6 Å². The maximum absolute atomic E-state index is 14.7. The first-order valence-corrected chi connectivity index (χ1v) is 9.52. The molecule has 0 fully saturated rings. The minimum Gasteiger partial charge on any atom is -0.388 e. The highest BCUT2D eigenvalue weighted by molar-refractivity contribution is 6.04. The Labute approximate surface area is 187 Å². The van der Waals surface area contributed by atoms with Crippen LogP contribution in [0.2, 0.25) is 0 Å². The lowest BCUT2D eigenvalue weighted by Crippen LogP contribution is -2.14. The van der Waals surface area contributed by atoms with Gasteiger partial charge in [-0.05, 0) is 35.9 Å². The Morgan fingerprint density at radius 1 is 1.03 bits per heavy atom. The third-order valence-corrected chi connectivity index (χ3v) is 4.72. The van der Waals surface area contributed by atoms with Gasteiger partial charge in [-0.3, -0.25) is 9.78 Å². The second-order valence-corrected chi connectivity index (χ2v) is 7.05. The average Bonchev–Trinajstić information content (AvgIpc) is 3.13. The van der Waals surface area contributed by atoms with Crippen molar-refractivity contribution in [2.45, 2.75) is 6.18 Å². The molecule has 4 rings (SSSR count). The summed E-state index contributed by atoms with van der Waals surface area (Å²) in [5.41, 5.74) is -3.44. The van der Waals surface area contributed by atoms with E-state index in [-0.39, 0.29) is 17.0 Å². The van der Waals surface area contributed by atoms with Crippen LogP contribution in [0.25, 0.3) is 22.6 Å². The van der Waals surface area contributed by atoms with Crippen LogP contribution in [0.3, 0.4) is 0 Å². The molecule has 7 nitrogen and oxygen atoms in total. The van der Waals surface area contributed by atoms with Gasteiger partial charge in [0.2, 0.25) is 0 Å². The lowest BCUT2D eigenvalue weighted by Gasteiger charge is -2.14. The number of alkyl halides is 3. The number of benzene rings is 2. The fraction of sp³-hybridized carbons (Fsp3) is 0.0909. The van der Waals surface area contributed by atoms with E-state index >= 15 is 0 Å². The summed E-state index contributed by atoms with van der Waals surface area (Å²) in [6.07, 6.45) is -4.19. The average molecular weight is 476 g/mol. The summed E-state index contributed by atoms with van der Waals surface area (Å²) in [6, 6.07) is 9.74. The molecule has 4 aromatic rings. The number of carbonyl (C=O) groups excluding carboxylic acids is 1. The van der Waals surface area contributed by atoms with Gasteiger partial charge in [0.05, 0.1) is 5.56 Å². The molecule has 0 saturated carbocycles. The third kappa shape index (κ3) is 4.42. The van der Waals surface area contributed by atoms with E-state index in [1.807, 2.05) is 0 Å². The van der Waals surface area contributed by atoms with Crippen LogP contribution in [0.15, 0.2) is 63.9 Å². The first kappa shape index (κ1) is 22.8. The second-order valence-electron chi connectivity index (χ2n) is 7.05. The van der Waals surface area contributed by atoms with Crippen molar-refractivity contribution in [2.75, 3.05) is 5.32 Å². The number of aromatic nitrogens is 3. The normalized spacial score (nSPS) is 11.5. The van der Waals surface area contributed by atoms with Crippen molar-refractivity contribution in [1.29, 1.82) is 0 Å². The zero-order chi connectivity index (χ0) is 24.6. The van der Waals surface area contributed by atoms with Crippen LogP contribution in [0, 0.1) is 11.6 Å². The largest absolute Gasteiger partial charge is 0.437 e. The molecule has 2 aromatic heterocycles. The van der Waals surface area contributed by atoms with Crippen LogP contribution < -0.4 is 11.1 Å². The van der Waals surface area contributed by atoms with Gasteiger partial charge >= 0.3 is 11.9 Å². The quantitative estimate of drug-likeness (QED) is 0.433. The Balaban J connectivity index is 1.79. The minimum atomic E-state index is -4.97. The maximum Gasteiger partial charge on any atom is 0.437 e. The van der Waals surface area contributed by atoms with Gasteiger partial charge < -0.3 is 9.73 Å². The first-order chi connectivity index (χ1) is 16.0. The van der Waals surface area contributed by atoms with Crippen LogP contribution in [0.1, 0.15) is 16.1 Å². The molecular weight excluding hydrogens is 463 g/mol. The number of hydrogen-bond donors (Lipinski definition) is 1. The smallest absolute Gasteiger partial charge is 0.388 e. The second kappa shape index (κ2) is 8.54. The van der Waals surface area contributed by atoms with Crippen molar-refractivity contribution < 1.29 is 31.2 Å². The summed E-state index contributed by atoms with van der Waals surface area (Å²) in [7, 11) is 1.26. The zero-order valence-electron chi connectivity index (χ0n) is 17.2. The lowest BCUT2D eigenvalue weighted by atomic mass is 10.0. The van der Waals surface area contributed by atoms with Gasteiger partial charge in [0, 0.05) is 24.4 Å². The van der Waals surface area contributed by atoms with Crippen molar-refractivity contribution in [3.8, 4) is 22.6 Å². The van der Waals surface area contributed by atoms with E-state index in [0.717, 1.165) is 16.9 Å². The predicted octanol–water partition coefficient (Wildman–Crippen LogP) is 4.65. The molecule has 0 aliphatic carbocycles. The topological polar surface area (TPSA) is 90.0 Å². The minimum absolute atomic E-state index is 0.122. The number of halogens is 5. The number of nitrogens with zero attached hydrogens (tertiary/aromatic N) is 3. The van der Waals surface area contributed by atoms with Crippen molar-refractivity contribution in [3.63, 3.8) is 0 Å². The number of rotatable bonds is 4. The molecule has 0 saturated heterocycles. The first-order valence-electron chi connectivity index (χ1n) is 9.52. The van der Waals surface area contributed by atoms with Gasteiger partial charge in [0.1, 0.15) is 17.3 Å². The van der Waals surface area contributed by atoms with Crippen LogP contribution in [0.4, 0.5) is 27.6 Å². The van der Waals surface area contributed by atoms with Crippen molar-refractivity contribution in [1.82, 2.24) is 14.8 Å². The molecule has 0 bridgehead atoms. The van der Waals surface area contributed by atoms with Crippen LogP contribution in [-0.2, 0) is 13.2 Å². The van der Waals surface area contributed by atoms with E-state index in [2.05, 4.69) is 15.4 Å². The fourth-order valence-corrected chi connectivity index (χ4v) is 3.11. The SMILES string of the molecule is Cn1nc(-c2cnc(C(F)(F)F)c(-c3cc(F)c(NC(=O)c4ccccc4)c(F)c3)c2)oc1=O. The molecular formula is C22H13F5N4O3. The molecule has 2 aromatic carbocycles. The number of hydrogen-bond acceptors (Lipinski definition) is 5. The number of carbonyl (C=O) groups is 1. The Hall–Kier alpha value is -4.35. The molecule has 1 N–H and O–H groups in total. The molecule has 0 aliphatic heterocycles. The monoisotopic (exact) mass is 476 g/mol. The van der Waals surface area contributed by atoms with Crippen LogP contribution in [0.5, 0.6) is 0 Å². The van der Waals surface area contributed by atoms with E-state index in [0.29, 0.717) is 12.1 Å². The Kier molecular flexibility index (Phi) is 5.73. The highest BCUT2D eigenvalue weighted by atomic mass is 19.4. The summed E-state index contributed by atoms with van der Waals surface area (Å²) in [6.45, 7) is 0. The number of amides is 1. The molecule has 0 unspecified atom stereocenters. The standard InChI is InChI=1S/C22H13F5N4O3/c1-31-21(33)34-20(30-31)13-7-14(18(28-10-13)22(25,26)27)12-8-15(23)17(16(24)9-12)29-19(32)11-5-3-2-4-6-11/h2-10H,1H3,(H,29,32). The highest BCUT2D eigenvalue weighted by Gasteiger charge is 2.36. The highest BCUT2D eigenvalue weighted by Crippen LogP contribution is 2.38. The summed E-state index contributed by atoms with van der Waals surface area (Å²) >= 11 is 0. The zero-order valence-corrected chi connectivity index (χ0v) is 17.2. The van der Waals surface area contributed by atoms with Gasteiger partial charge in [-0.1, -0.05) is 18.2 Å². The summed E-state index contributed by atoms with van der Waals surface area (Å²) in [5, 5.41) is 5.81. The summed E-state index contributed by atoms with van der Waals surface area (Å²) < 4.78 is 75.9. The maximum atomic E-state index is 14.7. The fourth-order valence-electron chi connectivity index (χ4n) is 3.11. The van der Waals surface area contributed by atoms with Gasteiger partial charge in [0.15, 0.2) is 5.69 Å². The van der Waals surface area contributed by atoms with Crippen molar-refractivity contribution in [2.24, 2.45) is 7.05 Å². The Morgan fingerprint density at radius 3 is 2.24 bits per heavy atom. The Morgan fingerprint density at radius 2 is 1.68 bits per heavy atom. The van der Waals surface area contributed by atoms with Gasteiger partial charge in [-0.15, -0.1) is 5.10 Å². The lowest BCUT2D eigenvalue weighted by molar-refractivity contribution is -0.140. The molecule has 0 atom stereocenters. The summed E-state index contributed by atoms with van der Waals surface area (Å²) in [4.78, 5) is 27.1. The molecule has 0 radical (unpaired) electrons. The molecule has 0 spiro atoms. The van der Waals surface area contributed by atoms with Crippen LogP contribution in [-0.4, -0.2) is 20.7 Å². The van der Waals surface area contributed by atoms with Crippen molar-refractivity contribution in [3.05, 3.63) is 88.2 Å². The van der Waals surface area contributed by atoms with Gasteiger partial charge in [-0.2, -0.15) is 17.9 Å². The Bertz CT molecular complexity index is 1420. The molecule has 0 aliphatic rings. The third-order valence-electron chi connectivity index (χ3n) is 4.72. The van der Waals surface area contributed by atoms with E-state index < -0.39 is 52.0 Å². The molecule has 2 heterocycles. The van der Waals surface area contributed by atoms with E-state index in [9.17, 15) is 31.5 Å². The molecule has 12 heteroatoms.